The second-order valence-electron chi connectivity index (χ2n) is 4.06. The predicted octanol–water partition coefficient (Wildman–Crippen LogP) is 3.39. The average Bonchev–Trinajstić information content (AvgIpc) is 2.93. The number of aromatic nitrogens is 1. The van der Waals surface area contributed by atoms with Crippen LogP contribution < -0.4 is 10.1 Å². The van der Waals surface area contributed by atoms with Crippen LogP contribution in [0.5, 0.6) is 5.75 Å². The summed E-state index contributed by atoms with van der Waals surface area (Å²) >= 11 is 1.63. The molecule has 1 aromatic carbocycles. The molecule has 1 atom stereocenters. The van der Waals surface area contributed by atoms with Gasteiger partial charge in [-0.25, -0.2) is 4.98 Å². The number of thiazole rings is 1. The topological polar surface area (TPSA) is 34.2 Å². The lowest BCUT2D eigenvalue weighted by Crippen LogP contribution is -2.21. The fourth-order valence-electron chi connectivity index (χ4n) is 1.98. The van der Waals surface area contributed by atoms with Crippen molar-refractivity contribution in [2.45, 2.75) is 25.9 Å². The highest BCUT2D eigenvalue weighted by atomic mass is 32.1. The van der Waals surface area contributed by atoms with E-state index in [-0.39, 0.29) is 0 Å². The van der Waals surface area contributed by atoms with E-state index in [4.69, 9.17) is 4.74 Å². The molecule has 0 bridgehead atoms. The zero-order valence-electron chi connectivity index (χ0n) is 10.7. The molecule has 0 aliphatic rings. The van der Waals surface area contributed by atoms with Crippen LogP contribution in [0.25, 0.3) is 0 Å². The van der Waals surface area contributed by atoms with Crippen molar-refractivity contribution < 1.29 is 4.74 Å². The number of nitrogens with zero attached hydrogens (tertiary/aromatic N) is 1. The third kappa shape index (κ3) is 3.09. The number of para-hydroxylation sites is 1. The van der Waals surface area contributed by atoms with E-state index in [1.54, 1.807) is 18.4 Å². The van der Waals surface area contributed by atoms with E-state index < -0.39 is 0 Å². The van der Waals surface area contributed by atoms with Gasteiger partial charge in [-0.05, 0) is 12.5 Å². The SMILES string of the molecule is CCC(NCc1cscn1)c1ccccc1OC. The normalized spacial score (nSPS) is 12.3. The second kappa shape index (κ2) is 6.52. The number of rotatable bonds is 6. The molecule has 2 rings (SSSR count). The molecular weight excluding hydrogens is 244 g/mol. The van der Waals surface area contributed by atoms with Crippen molar-refractivity contribution in [1.82, 2.24) is 10.3 Å². The van der Waals surface area contributed by atoms with Crippen LogP contribution in [0.15, 0.2) is 35.2 Å². The molecule has 96 valence electrons. The van der Waals surface area contributed by atoms with Crippen LogP contribution >= 0.6 is 11.3 Å². The molecule has 0 amide bonds. The van der Waals surface area contributed by atoms with Gasteiger partial charge in [0, 0.05) is 23.5 Å². The molecule has 1 N–H and O–H groups in total. The number of hydrogen-bond donors (Lipinski definition) is 1. The first-order valence-electron chi connectivity index (χ1n) is 6.08. The summed E-state index contributed by atoms with van der Waals surface area (Å²) < 4.78 is 5.41. The zero-order chi connectivity index (χ0) is 12.8. The van der Waals surface area contributed by atoms with Gasteiger partial charge in [0.15, 0.2) is 0 Å². The van der Waals surface area contributed by atoms with Crippen molar-refractivity contribution in [3.05, 3.63) is 46.4 Å². The van der Waals surface area contributed by atoms with Crippen molar-refractivity contribution in [2.75, 3.05) is 7.11 Å². The Balaban J connectivity index is 2.08. The summed E-state index contributed by atoms with van der Waals surface area (Å²) in [5, 5.41) is 5.60. The van der Waals surface area contributed by atoms with Crippen LogP contribution in [0, 0.1) is 0 Å². The summed E-state index contributed by atoms with van der Waals surface area (Å²) in [6.07, 6.45) is 1.02. The van der Waals surface area contributed by atoms with Gasteiger partial charge in [0.25, 0.3) is 0 Å². The fourth-order valence-corrected chi connectivity index (χ4v) is 2.54. The summed E-state index contributed by atoms with van der Waals surface area (Å²) in [5.74, 6) is 0.940. The lowest BCUT2D eigenvalue weighted by atomic mass is 10.0. The Hall–Kier alpha value is -1.39. The summed E-state index contributed by atoms with van der Waals surface area (Å²) in [7, 11) is 1.71. The maximum absolute atomic E-state index is 5.41. The number of methoxy groups -OCH3 is 1. The second-order valence-corrected chi connectivity index (χ2v) is 4.78. The maximum Gasteiger partial charge on any atom is 0.123 e. The molecular formula is C14H18N2OS. The summed E-state index contributed by atoms with van der Waals surface area (Å²) in [4.78, 5) is 4.28. The van der Waals surface area contributed by atoms with Gasteiger partial charge in [-0.1, -0.05) is 25.1 Å². The standard InChI is InChI=1S/C14H18N2OS/c1-3-13(15-8-11-9-18-10-16-11)12-6-4-5-7-14(12)17-2/h4-7,9-10,13,15H,3,8H2,1-2H3. The predicted molar refractivity (Wildman–Crippen MR) is 75.0 cm³/mol. The average molecular weight is 262 g/mol. The number of hydrogen-bond acceptors (Lipinski definition) is 4. The lowest BCUT2D eigenvalue weighted by molar-refractivity contribution is 0.396. The molecule has 0 radical (unpaired) electrons. The van der Waals surface area contributed by atoms with Crippen molar-refractivity contribution >= 4 is 11.3 Å². The third-order valence-electron chi connectivity index (χ3n) is 2.94. The molecule has 0 saturated heterocycles. The number of nitrogens with one attached hydrogen (secondary N) is 1. The van der Waals surface area contributed by atoms with Gasteiger partial charge in [-0.3, -0.25) is 0 Å². The number of ether oxygens (including phenoxy) is 1. The van der Waals surface area contributed by atoms with E-state index >= 15 is 0 Å². The van der Waals surface area contributed by atoms with Crippen molar-refractivity contribution in [3.63, 3.8) is 0 Å². The minimum absolute atomic E-state index is 0.294. The molecule has 0 saturated carbocycles. The molecule has 2 aromatic rings. The minimum Gasteiger partial charge on any atom is -0.496 e. The van der Waals surface area contributed by atoms with Gasteiger partial charge in [0.2, 0.25) is 0 Å². The van der Waals surface area contributed by atoms with E-state index in [2.05, 4.69) is 28.7 Å². The molecule has 1 aromatic heterocycles. The van der Waals surface area contributed by atoms with E-state index in [0.717, 1.165) is 24.4 Å². The zero-order valence-corrected chi connectivity index (χ0v) is 11.5. The number of benzene rings is 1. The first-order chi connectivity index (χ1) is 8.85. The summed E-state index contributed by atoms with van der Waals surface area (Å²) in [6, 6.07) is 8.45. The largest absolute Gasteiger partial charge is 0.496 e. The van der Waals surface area contributed by atoms with Crippen molar-refractivity contribution in [2.24, 2.45) is 0 Å². The van der Waals surface area contributed by atoms with Gasteiger partial charge >= 0.3 is 0 Å². The Bertz CT molecular complexity index is 470. The van der Waals surface area contributed by atoms with Crippen LogP contribution in [-0.4, -0.2) is 12.1 Å². The van der Waals surface area contributed by atoms with E-state index in [9.17, 15) is 0 Å². The van der Waals surface area contributed by atoms with Crippen molar-refractivity contribution in [3.8, 4) is 5.75 Å². The molecule has 1 heterocycles. The fraction of sp³-hybridized carbons (Fsp3) is 0.357. The Morgan fingerprint density at radius 1 is 1.39 bits per heavy atom. The quantitative estimate of drug-likeness (QED) is 0.866. The van der Waals surface area contributed by atoms with E-state index in [1.807, 2.05) is 23.7 Å². The van der Waals surface area contributed by atoms with Gasteiger partial charge in [-0.2, -0.15) is 0 Å². The maximum atomic E-state index is 5.41. The van der Waals surface area contributed by atoms with Crippen LogP contribution in [0.2, 0.25) is 0 Å². The highest BCUT2D eigenvalue weighted by Crippen LogP contribution is 2.26. The van der Waals surface area contributed by atoms with Crippen LogP contribution in [-0.2, 0) is 6.54 Å². The molecule has 18 heavy (non-hydrogen) atoms. The summed E-state index contributed by atoms with van der Waals surface area (Å²) in [5.41, 5.74) is 4.16. The first kappa shape index (κ1) is 13.1. The molecule has 4 heteroatoms. The van der Waals surface area contributed by atoms with E-state index in [0.29, 0.717) is 6.04 Å². The van der Waals surface area contributed by atoms with Gasteiger partial charge in [-0.15, -0.1) is 11.3 Å². The third-order valence-corrected chi connectivity index (χ3v) is 3.57. The van der Waals surface area contributed by atoms with Crippen LogP contribution in [0.4, 0.5) is 0 Å². The van der Waals surface area contributed by atoms with E-state index in [1.165, 1.54) is 5.56 Å². The molecule has 0 spiro atoms. The van der Waals surface area contributed by atoms with Gasteiger partial charge < -0.3 is 10.1 Å². The highest BCUT2D eigenvalue weighted by Gasteiger charge is 2.13. The minimum atomic E-state index is 0.294. The lowest BCUT2D eigenvalue weighted by Gasteiger charge is -2.19. The molecule has 0 fully saturated rings. The van der Waals surface area contributed by atoms with Gasteiger partial charge in [0.05, 0.1) is 18.3 Å². The Labute approximate surface area is 112 Å². The summed E-state index contributed by atoms with van der Waals surface area (Å²) in [6.45, 7) is 2.96. The van der Waals surface area contributed by atoms with Gasteiger partial charge in [0.1, 0.15) is 5.75 Å². The monoisotopic (exact) mass is 262 g/mol. The first-order valence-corrected chi connectivity index (χ1v) is 7.02. The van der Waals surface area contributed by atoms with Crippen molar-refractivity contribution in [1.29, 1.82) is 0 Å². The van der Waals surface area contributed by atoms with Crippen LogP contribution in [0.3, 0.4) is 0 Å². The Morgan fingerprint density at radius 3 is 2.89 bits per heavy atom. The Kier molecular flexibility index (Phi) is 4.73. The molecule has 0 aliphatic carbocycles. The molecule has 1 unspecified atom stereocenters. The molecule has 3 nitrogen and oxygen atoms in total. The Morgan fingerprint density at radius 2 is 2.22 bits per heavy atom. The highest BCUT2D eigenvalue weighted by molar-refractivity contribution is 7.07. The molecule has 0 aliphatic heterocycles. The van der Waals surface area contributed by atoms with Crippen LogP contribution in [0.1, 0.15) is 30.6 Å². The smallest absolute Gasteiger partial charge is 0.123 e.